The van der Waals surface area contributed by atoms with Gasteiger partial charge in [-0.25, -0.2) is 9.13 Å². The summed E-state index contributed by atoms with van der Waals surface area (Å²) in [5, 5.41) is 0. The quantitative estimate of drug-likeness (QED) is 0.592. The summed E-state index contributed by atoms with van der Waals surface area (Å²) in [6, 6.07) is 15.4. The fourth-order valence-electron chi connectivity index (χ4n) is 3.18. The second-order valence-electron chi connectivity index (χ2n) is 7.21. The highest BCUT2D eigenvalue weighted by Crippen LogP contribution is 2.30. The summed E-state index contributed by atoms with van der Waals surface area (Å²) in [5.74, 6) is 1.25. The van der Waals surface area contributed by atoms with E-state index in [9.17, 15) is 0 Å². The van der Waals surface area contributed by atoms with Gasteiger partial charge in [-0.05, 0) is 41.7 Å². The average Bonchev–Trinajstić information content (AvgIpc) is 2.71. The number of benzene rings is 2. The van der Waals surface area contributed by atoms with E-state index in [1.54, 1.807) is 0 Å². The van der Waals surface area contributed by atoms with Crippen LogP contribution in [0.3, 0.4) is 0 Å². The van der Waals surface area contributed by atoms with Gasteiger partial charge in [-0.1, -0.05) is 45.0 Å². The number of fused-ring (bicyclic) bond motifs is 1. The first-order valence-corrected chi connectivity index (χ1v) is 7.85. The van der Waals surface area contributed by atoms with E-state index in [0.717, 1.165) is 0 Å². The van der Waals surface area contributed by atoms with Gasteiger partial charge in [-0.2, -0.15) is 0 Å². The number of aromatic nitrogens is 2. The van der Waals surface area contributed by atoms with Crippen molar-refractivity contribution in [2.24, 2.45) is 14.1 Å². The second kappa shape index (κ2) is 4.98. The fraction of sp³-hybridized carbons (Fsp3) is 0.350. The third kappa shape index (κ3) is 2.23. The molecule has 2 aromatic carbocycles. The number of para-hydroxylation sites is 2. The number of aryl methyl sites for hydroxylation is 3. The molecule has 0 aliphatic carbocycles. The Morgan fingerprint density at radius 2 is 1.68 bits per heavy atom. The minimum Gasteiger partial charge on any atom is -0.226 e. The summed E-state index contributed by atoms with van der Waals surface area (Å²) in [6.07, 6.45) is 0. The summed E-state index contributed by atoms with van der Waals surface area (Å²) in [5.41, 5.74) is 6.69. The van der Waals surface area contributed by atoms with Crippen molar-refractivity contribution in [3.05, 3.63) is 53.6 Å². The molecule has 1 aromatic heterocycles. The van der Waals surface area contributed by atoms with Crippen molar-refractivity contribution >= 4 is 11.0 Å². The van der Waals surface area contributed by atoms with Crippen molar-refractivity contribution in [3.8, 4) is 11.4 Å². The molecule has 0 radical (unpaired) electrons. The molecule has 0 unspecified atom stereocenters. The molecular formula is C20H25N2+. The molecule has 0 saturated carbocycles. The van der Waals surface area contributed by atoms with Gasteiger partial charge in [0.05, 0.1) is 19.7 Å². The molecule has 0 N–H and O–H groups in total. The van der Waals surface area contributed by atoms with Gasteiger partial charge < -0.3 is 0 Å². The van der Waals surface area contributed by atoms with E-state index < -0.39 is 0 Å². The Balaban J connectivity index is 2.33. The van der Waals surface area contributed by atoms with Crippen LogP contribution in [-0.2, 0) is 19.5 Å². The summed E-state index contributed by atoms with van der Waals surface area (Å²) in [7, 11) is 4.31. The monoisotopic (exact) mass is 293 g/mol. The number of rotatable bonds is 1. The van der Waals surface area contributed by atoms with Crippen LogP contribution in [-0.4, -0.2) is 4.57 Å². The van der Waals surface area contributed by atoms with Gasteiger partial charge in [-0.3, -0.25) is 0 Å². The predicted molar refractivity (Wildman–Crippen MR) is 93.0 cm³/mol. The van der Waals surface area contributed by atoms with Crippen LogP contribution in [0, 0.1) is 6.92 Å². The van der Waals surface area contributed by atoms with Crippen LogP contribution in [0.5, 0.6) is 0 Å². The Bertz CT molecular complexity index is 809. The molecule has 3 aromatic rings. The lowest BCUT2D eigenvalue weighted by atomic mass is 9.85. The van der Waals surface area contributed by atoms with E-state index in [0.29, 0.717) is 0 Å². The highest BCUT2D eigenvalue weighted by Gasteiger charge is 2.24. The standard InChI is InChI=1S/C20H25N2/c1-14-11-12-15(20(2,3)4)13-16(14)19-21(5)17-9-7-8-10-18(17)22(19)6/h7-13H,1-6H3/q+1. The van der Waals surface area contributed by atoms with Crippen molar-refractivity contribution in [3.63, 3.8) is 0 Å². The molecule has 2 nitrogen and oxygen atoms in total. The van der Waals surface area contributed by atoms with Crippen molar-refractivity contribution in [1.82, 2.24) is 4.57 Å². The summed E-state index contributed by atoms with van der Waals surface area (Å²) in [4.78, 5) is 0. The van der Waals surface area contributed by atoms with Crippen LogP contribution < -0.4 is 4.57 Å². The maximum atomic E-state index is 2.35. The van der Waals surface area contributed by atoms with Gasteiger partial charge in [0, 0.05) is 0 Å². The van der Waals surface area contributed by atoms with E-state index in [-0.39, 0.29) is 5.41 Å². The first-order valence-electron chi connectivity index (χ1n) is 7.85. The minimum absolute atomic E-state index is 0.158. The van der Waals surface area contributed by atoms with E-state index in [4.69, 9.17) is 0 Å². The second-order valence-corrected chi connectivity index (χ2v) is 7.21. The normalized spacial score (nSPS) is 12.1. The molecule has 2 heteroatoms. The smallest absolute Gasteiger partial charge is 0.226 e. The van der Waals surface area contributed by atoms with Gasteiger partial charge in [0.25, 0.3) is 5.82 Å². The van der Waals surface area contributed by atoms with Crippen LogP contribution >= 0.6 is 0 Å². The van der Waals surface area contributed by atoms with Gasteiger partial charge in [0.15, 0.2) is 11.0 Å². The first-order chi connectivity index (χ1) is 10.3. The summed E-state index contributed by atoms with van der Waals surface area (Å²) < 4.78 is 4.59. The topological polar surface area (TPSA) is 8.81 Å². The highest BCUT2D eigenvalue weighted by molar-refractivity contribution is 5.76. The van der Waals surface area contributed by atoms with Crippen LogP contribution in [0.1, 0.15) is 31.9 Å². The minimum atomic E-state index is 0.158. The molecule has 0 fully saturated rings. The molecule has 22 heavy (non-hydrogen) atoms. The number of imidazole rings is 1. The Hall–Kier alpha value is -2.09. The molecule has 114 valence electrons. The largest absolute Gasteiger partial charge is 0.289 e. The zero-order valence-electron chi connectivity index (χ0n) is 14.4. The molecule has 0 saturated heterocycles. The number of hydrogen-bond donors (Lipinski definition) is 0. The molecule has 0 amide bonds. The highest BCUT2D eigenvalue weighted by atomic mass is 15.1. The average molecular weight is 293 g/mol. The molecule has 0 aliphatic rings. The molecule has 3 rings (SSSR count). The van der Waals surface area contributed by atoms with Crippen LogP contribution in [0.4, 0.5) is 0 Å². The predicted octanol–water partition coefficient (Wildman–Crippen LogP) is 4.28. The van der Waals surface area contributed by atoms with Crippen molar-refractivity contribution in [1.29, 1.82) is 0 Å². The third-order valence-electron chi connectivity index (χ3n) is 4.58. The first kappa shape index (κ1) is 14.8. The lowest BCUT2D eigenvalue weighted by molar-refractivity contribution is -0.634. The molecule has 0 aliphatic heterocycles. The van der Waals surface area contributed by atoms with Gasteiger partial charge in [0.2, 0.25) is 0 Å². The van der Waals surface area contributed by atoms with Crippen molar-refractivity contribution in [2.75, 3.05) is 0 Å². The zero-order chi connectivity index (χ0) is 16.1. The Morgan fingerprint density at radius 1 is 1.00 bits per heavy atom. The van der Waals surface area contributed by atoms with Gasteiger partial charge >= 0.3 is 0 Å². The Morgan fingerprint density at radius 3 is 2.32 bits per heavy atom. The van der Waals surface area contributed by atoms with E-state index >= 15 is 0 Å². The molecule has 0 atom stereocenters. The maximum absolute atomic E-state index is 2.35. The van der Waals surface area contributed by atoms with Gasteiger partial charge in [-0.15, -0.1) is 0 Å². The summed E-state index contributed by atoms with van der Waals surface area (Å²) in [6.45, 7) is 8.99. The SMILES string of the molecule is Cc1ccc(C(C)(C)C)cc1-c1n(C)c2ccccc2[n+]1C. The van der Waals surface area contributed by atoms with Crippen LogP contribution in [0.15, 0.2) is 42.5 Å². The van der Waals surface area contributed by atoms with Crippen LogP contribution in [0.2, 0.25) is 0 Å². The van der Waals surface area contributed by atoms with E-state index in [2.05, 4.69) is 93.4 Å². The molecular weight excluding hydrogens is 268 g/mol. The lowest BCUT2D eigenvalue weighted by Gasteiger charge is -2.20. The summed E-state index contributed by atoms with van der Waals surface area (Å²) >= 11 is 0. The Labute approximate surface area is 133 Å². The fourth-order valence-corrected chi connectivity index (χ4v) is 3.18. The molecule has 0 spiro atoms. The van der Waals surface area contributed by atoms with Crippen molar-refractivity contribution in [2.45, 2.75) is 33.1 Å². The number of hydrogen-bond acceptors (Lipinski definition) is 0. The zero-order valence-corrected chi connectivity index (χ0v) is 14.4. The maximum Gasteiger partial charge on any atom is 0.289 e. The van der Waals surface area contributed by atoms with E-state index in [1.807, 2.05) is 0 Å². The molecule has 1 heterocycles. The molecule has 0 bridgehead atoms. The van der Waals surface area contributed by atoms with Gasteiger partial charge in [0.1, 0.15) is 0 Å². The third-order valence-corrected chi connectivity index (χ3v) is 4.58. The number of nitrogens with zero attached hydrogens (tertiary/aromatic N) is 2. The lowest BCUT2D eigenvalue weighted by Crippen LogP contribution is -2.30. The van der Waals surface area contributed by atoms with Crippen LogP contribution in [0.25, 0.3) is 22.4 Å². The Kier molecular flexibility index (Phi) is 3.36. The van der Waals surface area contributed by atoms with Crippen molar-refractivity contribution < 1.29 is 4.57 Å². The van der Waals surface area contributed by atoms with E-state index in [1.165, 1.54) is 33.5 Å².